The molecule has 5 heteroatoms. The maximum absolute atomic E-state index is 12.1. The fraction of sp³-hybridized carbons (Fsp3) is 0.769. The van der Waals surface area contributed by atoms with Gasteiger partial charge in [-0.2, -0.15) is 0 Å². The zero-order valence-electron chi connectivity index (χ0n) is 11.7. The van der Waals surface area contributed by atoms with Gasteiger partial charge in [0, 0.05) is 12.0 Å². The number of carbonyl (C=O) groups excluding carboxylic acids is 3. The van der Waals surface area contributed by atoms with Crippen molar-refractivity contribution in [3.8, 4) is 0 Å². The zero-order valence-corrected chi connectivity index (χ0v) is 11.7. The first-order chi connectivity index (χ1) is 8.14. The highest BCUT2D eigenvalue weighted by Crippen LogP contribution is 2.20. The summed E-state index contributed by atoms with van der Waals surface area (Å²) in [4.78, 5) is 36.6. The lowest BCUT2D eigenvalue weighted by atomic mass is 9.94. The van der Waals surface area contributed by atoms with Gasteiger partial charge in [-0.3, -0.25) is 14.4 Å². The molecule has 0 aliphatic carbocycles. The van der Waals surface area contributed by atoms with Crippen LogP contribution in [0, 0.1) is 5.41 Å². The monoisotopic (exact) mass is 254 g/mol. The van der Waals surface area contributed by atoms with Gasteiger partial charge in [-0.15, -0.1) is 0 Å². The number of Topliss-reactive ketones (excluding diaryl/α,β-unsaturated/α-hetero) is 1. The van der Waals surface area contributed by atoms with Crippen molar-refractivity contribution in [3.63, 3.8) is 0 Å². The predicted octanol–water partition coefficient (Wildman–Crippen LogP) is 0.727. The van der Waals surface area contributed by atoms with Crippen molar-refractivity contribution < 1.29 is 14.4 Å². The number of amides is 2. The van der Waals surface area contributed by atoms with Gasteiger partial charge in [-0.25, -0.2) is 0 Å². The van der Waals surface area contributed by atoms with Crippen molar-refractivity contribution in [2.75, 3.05) is 6.54 Å². The number of nitrogens with zero attached hydrogens (tertiary/aromatic N) is 1. The number of ketones is 1. The Morgan fingerprint density at radius 1 is 1.28 bits per heavy atom. The second-order valence-electron chi connectivity index (χ2n) is 5.89. The Morgan fingerprint density at radius 2 is 1.83 bits per heavy atom. The molecule has 1 aliphatic rings. The van der Waals surface area contributed by atoms with E-state index in [1.807, 2.05) is 0 Å². The number of rotatable bonds is 3. The third-order valence-electron chi connectivity index (χ3n) is 3.17. The molecule has 5 nitrogen and oxygen atoms in total. The van der Waals surface area contributed by atoms with Gasteiger partial charge >= 0.3 is 0 Å². The number of hydrogen-bond acceptors (Lipinski definition) is 3. The summed E-state index contributed by atoms with van der Waals surface area (Å²) in [5.74, 6) is -0.341. The van der Waals surface area contributed by atoms with Crippen molar-refractivity contribution in [1.82, 2.24) is 10.2 Å². The van der Waals surface area contributed by atoms with Gasteiger partial charge in [0.05, 0.1) is 6.04 Å². The Hall–Kier alpha value is -1.39. The van der Waals surface area contributed by atoms with E-state index < -0.39 is 11.5 Å². The van der Waals surface area contributed by atoms with E-state index in [0.29, 0.717) is 6.54 Å². The average molecular weight is 254 g/mol. The van der Waals surface area contributed by atoms with E-state index in [9.17, 15) is 14.4 Å². The van der Waals surface area contributed by atoms with Gasteiger partial charge in [-0.05, 0) is 20.3 Å². The maximum Gasteiger partial charge on any atom is 0.245 e. The molecule has 1 fully saturated rings. The molecule has 0 bridgehead atoms. The summed E-state index contributed by atoms with van der Waals surface area (Å²) in [6.07, 6.45) is 0.723. The van der Waals surface area contributed by atoms with Crippen LogP contribution in [0.25, 0.3) is 0 Å². The topological polar surface area (TPSA) is 66.5 Å². The third-order valence-corrected chi connectivity index (χ3v) is 3.17. The van der Waals surface area contributed by atoms with Gasteiger partial charge in [0.1, 0.15) is 6.04 Å². The van der Waals surface area contributed by atoms with Crippen LogP contribution in [0.1, 0.15) is 41.0 Å². The van der Waals surface area contributed by atoms with Gasteiger partial charge in [0.25, 0.3) is 0 Å². The van der Waals surface area contributed by atoms with Crippen molar-refractivity contribution in [3.05, 3.63) is 0 Å². The lowest BCUT2D eigenvalue weighted by Crippen LogP contribution is -2.60. The van der Waals surface area contributed by atoms with Crippen LogP contribution in [0.2, 0.25) is 0 Å². The summed E-state index contributed by atoms with van der Waals surface area (Å²) < 4.78 is 0. The lowest BCUT2D eigenvalue weighted by Gasteiger charge is -2.41. The Kier molecular flexibility index (Phi) is 4.14. The second-order valence-corrected chi connectivity index (χ2v) is 5.89. The minimum Gasteiger partial charge on any atom is -0.344 e. The van der Waals surface area contributed by atoms with Crippen LogP contribution in [0.3, 0.4) is 0 Å². The average Bonchev–Trinajstić information content (AvgIpc) is 2.12. The number of nitrogens with one attached hydrogen (secondary N) is 1. The molecule has 1 rings (SSSR count). The zero-order chi connectivity index (χ0) is 14.1. The van der Waals surface area contributed by atoms with E-state index >= 15 is 0 Å². The van der Waals surface area contributed by atoms with Crippen LogP contribution < -0.4 is 5.32 Å². The Bertz CT molecular complexity index is 371. The van der Waals surface area contributed by atoms with Crippen LogP contribution in [-0.2, 0) is 14.4 Å². The smallest absolute Gasteiger partial charge is 0.245 e. The van der Waals surface area contributed by atoms with Crippen molar-refractivity contribution >= 4 is 17.6 Å². The summed E-state index contributed by atoms with van der Waals surface area (Å²) in [5, 5.41) is 2.69. The Morgan fingerprint density at radius 3 is 2.17 bits per heavy atom. The molecule has 0 aromatic carbocycles. The SMILES string of the molecule is CC(=O)[C@@H]1CCN1C(=O)[C@H](C)NC(=O)C(C)(C)C. The van der Waals surface area contributed by atoms with Crippen LogP contribution in [0.5, 0.6) is 0 Å². The fourth-order valence-corrected chi connectivity index (χ4v) is 1.80. The van der Waals surface area contributed by atoms with E-state index in [4.69, 9.17) is 0 Å². The van der Waals surface area contributed by atoms with Crippen molar-refractivity contribution in [2.24, 2.45) is 5.41 Å². The number of carbonyl (C=O) groups is 3. The highest BCUT2D eigenvalue weighted by Gasteiger charge is 2.38. The molecule has 0 radical (unpaired) electrons. The Balaban J connectivity index is 2.58. The molecule has 0 saturated carbocycles. The van der Waals surface area contributed by atoms with Gasteiger partial charge < -0.3 is 10.2 Å². The lowest BCUT2D eigenvalue weighted by molar-refractivity contribution is -0.148. The molecule has 102 valence electrons. The molecule has 0 unspecified atom stereocenters. The molecular weight excluding hydrogens is 232 g/mol. The number of likely N-dealkylation sites (tertiary alicyclic amines) is 1. The molecule has 2 atom stereocenters. The molecule has 2 amide bonds. The van der Waals surface area contributed by atoms with E-state index in [1.165, 1.54) is 11.8 Å². The predicted molar refractivity (Wildman–Crippen MR) is 67.9 cm³/mol. The normalized spacial score (nSPS) is 20.9. The summed E-state index contributed by atoms with van der Waals surface area (Å²) in [6, 6.07) is -0.884. The van der Waals surface area contributed by atoms with E-state index in [-0.39, 0.29) is 23.6 Å². The first kappa shape index (κ1) is 14.7. The molecule has 0 aromatic rings. The Labute approximate surface area is 108 Å². The molecular formula is C13H22N2O3. The molecule has 0 aromatic heterocycles. The summed E-state index contributed by atoms with van der Waals surface area (Å²) >= 11 is 0. The quantitative estimate of drug-likeness (QED) is 0.807. The van der Waals surface area contributed by atoms with E-state index in [0.717, 1.165) is 6.42 Å². The second kappa shape index (κ2) is 5.08. The molecule has 1 heterocycles. The molecule has 1 N–H and O–H groups in total. The summed E-state index contributed by atoms with van der Waals surface area (Å²) in [6.45, 7) is 9.12. The first-order valence-corrected chi connectivity index (χ1v) is 6.26. The van der Waals surface area contributed by atoms with Crippen molar-refractivity contribution in [2.45, 2.75) is 53.1 Å². The maximum atomic E-state index is 12.1. The minimum atomic E-state index is -0.584. The minimum absolute atomic E-state index is 0.00366. The van der Waals surface area contributed by atoms with Crippen LogP contribution in [-0.4, -0.2) is 41.1 Å². The molecule has 1 aliphatic heterocycles. The first-order valence-electron chi connectivity index (χ1n) is 6.26. The van der Waals surface area contributed by atoms with Gasteiger partial charge in [0.2, 0.25) is 11.8 Å². The van der Waals surface area contributed by atoms with E-state index in [1.54, 1.807) is 27.7 Å². The molecule has 18 heavy (non-hydrogen) atoms. The summed E-state index contributed by atoms with van der Waals surface area (Å²) in [7, 11) is 0. The highest BCUT2D eigenvalue weighted by atomic mass is 16.2. The van der Waals surface area contributed by atoms with E-state index in [2.05, 4.69) is 5.32 Å². The number of hydrogen-bond donors (Lipinski definition) is 1. The molecule has 0 spiro atoms. The fourth-order valence-electron chi connectivity index (χ4n) is 1.80. The van der Waals surface area contributed by atoms with Gasteiger partial charge in [0.15, 0.2) is 5.78 Å². The van der Waals surface area contributed by atoms with Crippen LogP contribution >= 0.6 is 0 Å². The third kappa shape index (κ3) is 3.09. The molecule has 1 saturated heterocycles. The van der Waals surface area contributed by atoms with Gasteiger partial charge in [-0.1, -0.05) is 20.8 Å². The van der Waals surface area contributed by atoms with Crippen LogP contribution in [0.4, 0.5) is 0 Å². The standard InChI is InChI=1S/C13H22N2O3/c1-8(14-12(18)13(3,4)5)11(17)15-7-6-10(15)9(2)16/h8,10H,6-7H2,1-5H3,(H,14,18)/t8-,10-/m0/s1. The largest absolute Gasteiger partial charge is 0.344 e. The highest BCUT2D eigenvalue weighted by molar-refractivity contribution is 5.93. The van der Waals surface area contributed by atoms with Crippen molar-refractivity contribution in [1.29, 1.82) is 0 Å². The summed E-state index contributed by atoms with van der Waals surface area (Å²) in [5.41, 5.74) is -0.524. The van der Waals surface area contributed by atoms with Crippen LogP contribution in [0.15, 0.2) is 0 Å².